The molecule has 0 aromatic rings. The van der Waals surface area contributed by atoms with Crippen molar-refractivity contribution >= 4 is 19.4 Å². The Labute approximate surface area is 88.6 Å². The Hall–Kier alpha value is 0.360. The number of halogens is 1. The summed E-state index contributed by atoms with van der Waals surface area (Å²) in [7, 11) is -4.42. The zero-order chi connectivity index (χ0) is 11.4. The minimum atomic E-state index is -4.42. The molecule has 2 N–H and O–H groups in total. The van der Waals surface area contributed by atoms with E-state index in [2.05, 4.69) is 4.52 Å². The van der Waals surface area contributed by atoms with Gasteiger partial charge in [0.1, 0.15) is 0 Å². The van der Waals surface area contributed by atoms with Crippen molar-refractivity contribution in [2.45, 2.75) is 31.7 Å². The normalized spacial score (nSPS) is 15.6. The van der Waals surface area contributed by atoms with Crippen molar-refractivity contribution in [1.29, 1.82) is 0 Å². The lowest BCUT2D eigenvalue weighted by Gasteiger charge is -2.21. The number of alkyl halides is 1. The maximum atomic E-state index is 10.3. The van der Waals surface area contributed by atoms with Crippen LogP contribution in [-0.2, 0) is 13.8 Å². The first-order valence-corrected chi connectivity index (χ1v) is 6.05. The molecule has 7 heteroatoms. The number of hydrogen-bond donors (Lipinski definition) is 2. The van der Waals surface area contributed by atoms with E-state index in [1.165, 1.54) is 0 Å². The number of ether oxygens (including phenoxy) is 1. The molecule has 0 aliphatic heterocycles. The first-order valence-electron chi connectivity index (χ1n) is 4.08. The molecule has 0 heterocycles. The monoisotopic (exact) mass is 246 g/mol. The Morgan fingerprint density at radius 3 is 2.21 bits per heavy atom. The van der Waals surface area contributed by atoms with E-state index in [4.69, 9.17) is 26.1 Å². The number of phosphoric ester groups is 1. The molecule has 0 rings (SSSR count). The highest BCUT2D eigenvalue weighted by Gasteiger charge is 2.19. The third kappa shape index (κ3) is 10.4. The van der Waals surface area contributed by atoms with Crippen LogP contribution in [0.15, 0.2) is 0 Å². The van der Waals surface area contributed by atoms with Crippen LogP contribution in [0.3, 0.4) is 0 Å². The molecule has 0 spiro atoms. The quantitative estimate of drug-likeness (QED) is 0.568. The molecule has 0 radical (unpaired) electrons. The Bertz CT molecular complexity index is 209. The molecule has 14 heavy (non-hydrogen) atoms. The molecule has 0 saturated heterocycles. The van der Waals surface area contributed by atoms with E-state index >= 15 is 0 Å². The van der Waals surface area contributed by atoms with Gasteiger partial charge in [0.05, 0.1) is 24.2 Å². The Morgan fingerprint density at radius 1 is 1.36 bits per heavy atom. The molecule has 0 bridgehead atoms. The minimum Gasteiger partial charge on any atom is -0.374 e. The lowest BCUT2D eigenvalue weighted by atomic mass is 10.2. The summed E-state index contributed by atoms with van der Waals surface area (Å²) >= 11 is 5.70. The second kappa shape index (κ2) is 5.45. The average Bonchev–Trinajstić information content (AvgIpc) is 1.94. The van der Waals surface area contributed by atoms with Crippen LogP contribution in [0.25, 0.3) is 0 Å². The van der Waals surface area contributed by atoms with Gasteiger partial charge in [-0.1, -0.05) is 0 Å². The summed E-state index contributed by atoms with van der Waals surface area (Å²) in [5, 5.41) is -0.568. The van der Waals surface area contributed by atoms with Crippen molar-refractivity contribution in [1.82, 2.24) is 0 Å². The summed E-state index contributed by atoms with van der Waals surface area (Å²) in [6, 6.07) is 0. The van der Waals surface area contributed by atoms with Crippen molar-refractivity contribution in [2.75, 3.05) is 13.2 Å². The van der Waals surface area contributed by atoms with E-state index in [9.17, 15) is 4.57 Å². The van der Waals surface area contributed by atoms with Crippen molar-refractivity contribution in [3.8, 4) is 0 Å². The molecule has 0 saturated carbocycles. The van der Waals surface area contributed by atoms with Gasteiger partial charge in [-0.3, -0.25) is 4.52 Å². The standard InChI is InChI=1S/C7H16ClO5P/c1-7(2,3)12-4-6(8)5-13-14(9,10)11/h6H,4-5H2,1-3H3,(H2,9,10,11). The molecule has 1 unspecified atom stereocenters. The van der Waals surface area contributed by atoms with Crippen LogP contribution < -0.4 is 0 Å². The summed E-state index contributed by atoms with van der Waals surface area (Å²) in [6.07, 6.45) is 0. The van der Waals surface area contributed by atoms with E-state index in [0.29, 0.717) is 0 Å². The van der Waals surface area contributed by atoms with Crippen molar-refractivity contribution in [3.63, 3.8) is 0 Å². The van der Waals surface area contributed by atoms with Gasteiger partial charge in [-0.05, 0) is 20.8 Å². The van der Waals surface area contributed by atoms with E-state index in [0.717, 1.165) is 0 Å². The zero-order valence-electron chi connectivity index (χ0n) is 8.44. The smallest absolute Gasteiger partial charge is 0.374 e. The van der Waals surface area contributed by atoms with Gasteiger partial charge < -0.3 is 14.5 Å². The van der Waals surface area contributed by atoms with Gasteiger partial charge >= 0.3 is 7.82 Å². The van der Waals surface area contributed by atoms with Gasteiger partial charge in [0.25, 0.3) is 0 Å². The fourth-order valence-electron chi connectivity index (χ4n) is 0.567. The van der Waals surface area contributed by atoms with Gasteiger partial charge in [0, 0.05) is 0 Å². The Morgan fingerprint density at radius 2 is 1.86 bits per heavy atom. The van der Waals surface area contributed by atoms with Crippen LogP contribution in [-0.4, -0.2) is 34.0 Å². The molecular formula is C7H16ClO5P. The summed E-state index contributed by atoms with van der Waals surface area (Å²) in [4.78, 5) is 16.8. The summed E-state index contributed by atoms with van der Waals surface area (Å²) in [5.41, 5.74) is -0.324. The second-order valence-electron chi connectivity index (χ2n) is 3.81. The number of rotatable bonds is 5. The molecule has 0 aliphatic carbocycles. The predicted octanol–water partition coefficient (Wildman–Crippen LogP) is 1.52. The lowest BCUT2D eigenvalue weighted by molar-refractivity contribution is -0.00696. The molecule has 0 fully saturated rings. The molecule has 1 atom stereocenters. The van der Waals surface area contributed by atoms with Crippen molar-refractivity contribution in [2.24, 2.45) is 0 Å². The van der Waals surface area contributed by atoms with Gasteiger partial charge in [-0.15, -0.1) is 11.6 Å². The van der Waals surface area contributed by atoms with Crippen molar-refractivity contribution in [3.05, 3.63) is 0 Å². The van der Waals surface area contributed by atoms with Crippen LogP contribution in [0, 0.1) is 0 Å². The number of hydrogen-bond acceptors (Lipinski definition) is 3. The highest BCUT2D eigenvalue weighted by molar-refractivity contribution is 7.46. The Kier molecular flexibility index (Phi) is 5.59. The third-order valence-corrected chi connectivity index (χ3v) is 1.86. The van der Waals surface area contributed by atoms with Crippen molar-refractivity contribution < 1.29 is 23.6 Å². The van der Waals surface area contributed by atoms with Crippen LogP contribution in [0.5, 0.6) is 0 Å². The predicted molar refractivity (Wildman–Crippen MR) is 53.3 cm³/mol. The molecule has 0 aromatic carbocycles. The first-order chi connectivity index (χ1) is 6.10. The summed E-state index contributed by atoms with van der Waals surface area (Å²) in [5.74, 6) is 0. The lowest BCUT2D eigenvalue weighted by Crippen LogP contribution is -2.25. The highest BCUT2D eigenvalue weighted by atomic mass is 35.5. The highest BCUT2D eigenvalue weighted by Crippen LogP contribution is 2.36. The maximum Gasteiger partial charge on any atom is 0.469 e. The topological polar surface area (TPSA) is 76.0 Å². The van der Waals surface area contributed by atoms with Crippen LogP contribution in [0.1, 0.15) is 20.8 Å². The fraction of sp³-hybridized carbons (Fsp3) is 1.00. The van der Waals surface area contributed by atoms with Crippen LogP contribution >= 0.6 is 19.4 Å². The zero-order valence-corrected chi connectivity index (χ0v) is 10.1. The largest absolute Gasteiger partial charge is 0.469 e. The molecule has 0 aromatic heterocycles. The molecule has 0 aliphatic rings. The first kappa shape index (κ1) is 14.4. The molecular weight excluding hydrogens is 230 g/mol. The summed E-state index contributed by atoms with van der Waals surface area (Å²) in [6.45, 7) is 5.54. The van der Waals surface area contributed by atoms with E-state index < -0.39 is 13.2 Å². The summed E-state index contributed by atoms with van der Waals surface area (Å²) < 4.78 is 19.8. The SMILES string of the molecule is CC(C)(C)OCC(Cl)COP(=O)(O)O. The van der Waals surface area contributed by atoms with Gasteiger partial charge in [-0.25, -0.2) is 4.57 Å². The maximum absolute atomic E-state index is 10.3. The Balaban J connectivity index is 3.67. The third-order valence-electron chi connectivity index (χ3n) is 1.12. The van der Waals surface area contributed by atoms with E-state index in [1.54, 1.807) is 0 Å². The molecule has 0 amide bonds. The fourth-order valence-corrected chi connectivity index (χ4v) is 1.15. The van der Waals surface area contributed by atoms with Gasteiger partial charge in [0.15, 0.2) is 0 Å². The van der Waals surface area contributed by atoms with Gasteiger partial charge in [-0.2, -0.15) is 0 Å². The average molecular weight is 247 g/mol. The number of phosphoric acid groups is 1. The molecule has 86 valence electrons. The van der Waals surface area contributed by atoms with E-state index in [1.807, 2.05) is 20.8 Å². The molecule has 5 nitrogen and oxygen atoms in total. The van der Waals surface area contributed by atoms with Crippen LogP contribution in [0.2, 0.25) is 0 Å². The van der Waals surface area contributed by atoms with Gasteiger partial charge in [0.2, 0.25) is 0 Å². The van der Waals surface area contributed by atoms with E-state index in [-0.39, 0.29) is 18.8 Å². The minimum absolute atomic E-state index is 0.186. The second-order valence-corrected chi connectivity index (χ2v) is 5.66. The van der Waals surface area contributed by atoms with Crippen LogP contribution in [0.4, 0.5) is 0 Å².